The highest BCUT2D eigenvalue weighted by molar-refractivity contribution is 5.85. The third-order valence-corrected chi connectivity index (χ3v) is 2.76. The highest BCUT2D eigenvalue weighted by Gasteiger charge is 2.06. The predicted molar refractivity (Wildman–Crippen MR) is 82.3 cm³/mol. The summed E-state index contributed by atoms with van der Waals surface area (Å²) in [6.45, 7) is -0.196. The lowest BCUT2D eigenvalue weighted by Gasteiger charge is -2.09. The van der Waals surface area contributed by atoms with E-state index in [1.807, 2.05) is 6.07 Å². The number of para-hydroxylation sites is 3. The normalized spacial score (nSPS) is 10.4. The number of phenolic OH excluding ortho intramolecular Hbond substituents is 1. The lowest BCUT2D eigenvalue weighted by molar-refractivity contribution is -0.123. The van der Waals surface area contributed by atoms with Gasteiger partial charge in [0, 0.05) is 5.56 Å². The Morgan fingerprint density at radius 2 is 1.86 bits per heavy atom. The first-order chi connectivity index (χ1) is 10.7. The van der Waals surface area contributed by atoms with Crippen molar-refractivity contribution in [2.45, 2.75) is 0 Å². The second kappa shape index (κ2) is 7.68. The van der Waals surface area contributed by atoms with Crippen molar-refractivity contribution in [2.24, 2.45) is 5.10 Å². The third-order valence-electron chi connectivity index (χ3n) is 2.76. The standard InChI is InChI=1S/C16H16N2O4/c1-21-14-8-4-5-9-15(14)22-11-16(20)18-17-10-12-6-2-3-7-13(12)19/h2-10,19H,11H2,1H3,(H,18,20). The molecule has 6 heteroatoms. The Morgan fingerprint density at radius 3 is 2.59 bits per heavy atom. The second-order valence-corrected chi connectivity index (χ2v) is 4.29. The summed E-state index contributed by atoms with van der Waals surface area (Å²) >= 11 is 0. The number of aromatic hydroxyl groups is 1. The molecular weight excluding hydrogens is 284 g/mol. The average molecular weight is 300 g/mol. The van der Waals surface area contributed by atoms with E-state index in [4.69, 9.17) is 9.47 Å². The van der Waals surface area contributed by atoms with Gasteiger partial charge in [-0.3, -0.25) is 4.79 Å². The van der Waals surface area contributed by atoms with Crippen molar-refractivity contribution in [3.63, 3.8) is 0 Å². The van der Waals surface area contributed by atoms with Crippen LogP contribution in [-0.4, -0.2) is 30.9 Å². The summed E-state index contributed by atoms with van der Waals surface area (Å²) in [5.74, 6) is 0.696. The molecule has 0 spiro atoms. The fourth-order valence-electron chi connectivity index (χ4n) is 1.68. The number of benzene rings is 2. The molecule has 2 N–H and O–H groups in total. The van der Waals surface area contributed by atoms with Crippen molar-refractivity contribution in [2.75, 3.05) is 13.7 Å². The van der Waals surface area contributed by atoms with Gasteiger partial charge in [0.05, 0.1) is 13.3 Å². The van der Waals surface area contributed by atoms with Crippen molar-refractivity contribution in [3.8, 4) is 17.2 Å². The molecule has 0 aliphatic heterocycles. The maximum absolute atomic E-state index is 11.6. The van der Waals surface area contributed by atoms with Crippen molar-refractivity contribution in [1.29, 1.82) is 0 Å². The van der Waals surface area contributed by atoms with Crippen LogP contribution in [0.2, 0.25) is 0 Å². The Hall–Kier alpha value is -3.02. The van der Waals surface area contributed by atoms with E-state index in [-0.39, 0.29) is 12.4 Å². The van der Waals surface area contributed by atoms with Crippen LogP contribution in [0.1, 0.15) is 5.56 Å². The van der Waals surface area contributed by atoms with Gasteiger partial charge >= 0.3 is 0 Å². The monoisotopic (exact) mass is 300 g/mol. The highest BCUT2D eigenvalue weighted by atomic mass is 16.5. The van der Waals surface area contributed by atoms with Crippen LogP contribution in [-0.2, 0) is 4.79 Å². The van der Waals surface area contributed by atoms with Crippen LogP contribution in [0.25, 0.3) is 0 Å². The van der Waals surface area contributed by atoms with Gasteiger partial charge in [-0.25, -0.2) is 5.43 Å². The number of amides is 1. The van der Waals surface area contributed by atoms with Crippen molar-refractivity contribution < 1.29 is 19.4 Å². The summed E-state index contributed by atoms with van der Waals surface area (Å²) in [4.78, 5) is 11.6. The maximum atomic E-state index is 11.6. The summed E-state index contributed by atoms with van der Waals surface area (Å²) in [6.07, 6.45) is 1.36. The molecule has 2 rings (SSSR count). The molecular formula is C16H16N2O4. The number of carbonyl (C=O) groups is 1. The van der Waals surface area contributed by atoms with Crippen LogP contribution in [0.4, 0.5) is 0 Å². The van der Waals surface area contributed by atoms with Crippen molar-refractivity contribution in [1.82, 2.24) is 5.43 Å². The number of hydrazone groups is 1. The van der Waals surface area contributed by atoms with Gasteiger partial charge in [0.15, 0.2) is 18.1 Å². The van der Waals surface area contributed by atoms with E-state index in [9.17, 15) is 9.90 Å². The fraction of sp³-hybridized carbons (Fsp3) is 0.125. The van der Waals surface area contributed by atoms with Gasteiger partial charge in [-0.1, -0.05) is 24.3 Å². The van der Waals surface area contributed by atoms with Crippen LogP contribution in [0.3, 0.4) is 0 Å². The lowest BCUT2D eigenvalue weighted by Crippen LogP contribution is -2.24. The quantitative estimate of drug-likeness (QED) is 0.631. The molecule has 0 saturated heterocycles. The van der Waals surface area contributed by atoms with E-state index in [1.165, 1.54) is 19.4 Å². The SMILES string of the molecule is COc1ccccc1OCC(=O)NN=Cc1ccccc1O. The molecule has 22 heavy (non-hydrogen) atoms. The first-order valence-corrected chi connectivity index (χ1v) is 6.56. The predicted octanol–water partition coefficient (Wildman–Crippen LogP) is 1.93. The topological polar surface area (TPSA) is 80.2 Å². The van der Waals surface area contributed by atoms with Gasteiger partial charge in [-0.2, -0.15) is 5.10 Å². The molecule has 0 bridgehead atoms. The Bertz CT molecular complexity index is 671. The molecule has 2 aromatic carbocycles. The van der Waals surface area contributed by atoms with Crippen LogP contribution >= 0.6 is 0 Å². The third kappa shape index (κ3) is 4.24. The summed E-state index contributed by atoms with van der Waals surface area (Å²) in [5.41, 5.74) is 2.83. The van der Waals surface area contributed by atoms with E-state index in [2.05, 4.69) is 10.5 Å². The Morgan fingerprint density at radius 1 is 1.18 bits per heavy atom. The van der Waals surface area contributed by atoms with Gasteiger partial charge in [0.25, 0.3) is 5.91 Å². The molecule has 0 atom stereocenters. The number of hydrogen-bond donors (Lipinski definition) is 2. The smallest absolute Gasteiger partial charge is 0.277 e. The first kappa shape index (κ1) is 15.4. The highest BCUT2D eigenvalue weighted by Crippen LogP contribution is 2.25. The molecule has 0 aliphatic rings. The summed E-state index contributed by atoms with van der Waals surface area (Å²) in [6, 6.07) is 13.7. The van der Waals surface area contributed by atoms with Crippen molar-refractivity contribution >= 4 is 12.1 Å². The van der Waals surface area contributed by atoms with Gasteiger partial charge in [0.1, 0.15) is 5.75 Å². The number of nitrogens with zero attached hydrogens (tertiary/aromatic N) is 1. The molecule has 6 nitrogen and oxygen atoms in total. The largest absolute Gasteiger partial charge is 0.507 e. The van der Waals surface area contributed by atoms with Gasteiger partial charge < -0.3 is 14.6 Å². The number of ether oxygens (including phenoxy) is 2. The number of hydrogen-bond acceptors (Lipinski definition) is 5. The lowest BCUT2D eigenvalue weighted by atomic mass is 10.2. The number of rotatable bonds is 6. The van der Waals surface area contributed by atoms with E-state index in [1.54, 1.807) is 36.4 Å². The number of methoxy groups -OCH3 is 1. The summed E-state index contributed by atoms with van der Waals surface area (Å²) in [5, 5.41) is 13.3. The van der Waals surface area contributed by atoms with Crippen LogP contribution in [0.5, 0.6) is 17.2 Å². The van der Waals surface area contributed by atoms with Crippen molar-refractivity contribution in [3.05, 3.63) is 54.1 Å². The zero-order valence-corrected chi connectivity index (χ0v) is 12.0. The molecule has 0 saturated carbocycles. The Kier molecular flexibility index (Phi) is 5.37. The van der Waals surface area contributed by atoms with Crippen LogP contribution < -0.4 is 14.9 Å². The fourth-order valence-corrected chi connectivity index (χ4v) is 1.68. The minimum absolute atomic E-state index is 0.0887. The molecule has 0 unspecified atom stereocenters. The molecule has 0 radical (unpaired) electrons. The molecule has 0 aromatic heterocycles. The molecule has 1 amide bonds. The van der Waals surface area contributed by atoms with Gasteiger partial charge in [-0.05, 0) is 24.3 Å². The van der Waals surface area contributed by atoms with E-state index < -0.39 is 5.91 Å². The average Bonchev–Trinajstić information content (AvgIpc) is 2.55. The van der Waals surface area contributed by atoms with E-state index >= 15 is 0 Å². The first-order valence-electron chi connectivity index (χ1n) is 6.56. The summed E-state index contributed by atoms with van der Waals surface area (Å²) in [7, 11) is 1.53. The molecule has 0 aliphatic carbocycles. The minimum Gasteiger partial charge on any atom is -0.507 e. The van der Waals surface area contributed by atoms with Crippen LogP contribution in [0.15, 0.2) is 53.6 Å². The zero-order chi connectivity index (χ0) is 15.8. The molecule has 114 valence electrons. The molecule has 0 fully saturated rings. The molecule has 2 aromatic rings. The van der Waals surface area contributed by atoms with Gasteiger partial charge in [-0.15, -0.1) is 0 Å². The van der Waals surface area contributed by atoms with E-state index in [0.29, 0.717) is 17.1 Å². The van der Waals surface area contributed by atoms with Gasteiger partial charge in [0.2, 0.25) is 0 Å². The summed E-state index contributed by atoms with van der Waals surface area (Å²) < 4.78 is 10.5. The maximum Gasteiger partial charge on any atom is 0.277 e. The Balaban J connectivity index is 1.85. The number of carbonyl (C=O) groups excluding carboxylic acids is 1. The molecule has 0 heterocycles. The van der Waals surface area contributed by atoms with Crippen LogP contribution in [0, 0.1) is 0 Å². The minimum atomic E-state index is -0.419. The van der Waals surface area contributed by atoms with E-state index in [0.717, 1.165) is 0 Å². The Labute approximate surface area is 128 Å². The number of phenols is 1. The number of nitrogens with one attached hydrogen (secondary N) is 1. The second-order valence-electron chi connectivity index (χ2n) is 4.29. The zero-order valence-electron chi connectivity index (χ0n) is 12.0.